The van der Waals surface area contributed by atoms with Crippen LogP contribution in [0.2, 0.25) is 0 Å². The third kappa shape index (κ3) is 3.47. The molecule has 0 aromatic carbocycles. The summed E-state index contributed by atoms with van der Waals surface area (Å²) in [6, 6.07) is 5.18. The summed E-state index contributed by atoms with van der Waals surface area (Å²) in [5, 5.41) is 14.1. The first-order chi connectivity index (χ1) is 13.1. The van der Waals surface area contributed by atoms with Gasteiger partial charge in [0.15, 0.2) is 5.13 Å². The molecule has 0 radical (unpaired) electrons. The van der Waals surface area contributed by atoms with Gasteiger partial charge in [-0.05, 0) is 13.0 Å². The highest BCUT2D eigenvalue weighted by Crippen LogP contribution is 2.25. The lowest BCUT2D eigenvalue weighted by Crippen LogP contribution is -2.13. The number of nitrogens with one attached hydrogen (secondary N) is 1. The minimum Gasteiger partial charge on any atom is -0.454 e. The lowest BCUT2D eigenvalue weighted by atomic mass is 10.2. The van der Waals surface area contributed by atoms with Gasteiger partial charge in [0.2, 0.25) is 0 Å². The fourth-order valence-electron chi connectivity index (χ4n) is 2.48. The zero-order valence-electron chi connectivity index (χ0n) is 14.1. The molecule has 4 rings (SSSR count). The second-order valence-corrected chi connectivity index (χ2v) is 6.48. The van der Waals surface area contributed by atoms with Crippen LogP contribution < -0.4 is 10.1 Å². The molecule has 0 saturated heterocycles. The molecule has 1 amide bonds. The summed E-state index contributed by atoms with van der Waals surface area (Å²) in [6.07, 6.45) is 7.96. The Bertz CT molecular complexity index is 1190. The van der Waals surface area contributed by atoms with E-state index >= 15 is 0 Å². The van der Waals surface area contributed by atoms with Gasteiger partial charge in [0, 0.05) is 30.0 Å². The van der Waals surface area contributed by atoms with E-state index < -0.39 is 0 Å². The molecule has 9 heteroatoms. The van der Waals surface area contributed by atoms with Gasteiger partial charge in [-0.2, -0.15) is 5.26 Å². The number of hydrogen-bond donors (Lipinski definition) is 1. The maximum absolute atomic E-state index is 12.7. The van der Waals surface area contributed by atoms with Gasteiger partial charge in [0.05, 0.1) is 29.2 Å². The minimum absolute atomic E-state index is 0.338. The number of hydrogen-bond acceptors (Lipinski definition) is 7. The van der Waals surface area contributed by atoms with E-state index in [4.69, 9.17) is 10.00 Å². The van der Waals surface area contributed by atoms with Crippen molar-refractivity contribution in [1.29, 1.82) is 5.26 Å². The molecule has 0 saturated carbocycles. The number of carbonyl (C=O) groups is 1. The molecule has 27 heavy (non-hydrogen) atoms. The van der Waals surface area contributed by atoms with Crippen LogP contribution in [0, 0.1) is 18.3 Å². The normalized spacial score (nSPS) is 10.5. The van der Waals surface area contributed by atoms with Crippen molar-refractivity contribution >= 4 is 28.0 Å². The molecule has 0 fully saturated rings. The Labute approximate surface area is 157 Å². The first-order valence-electron chi connectivity index (χ1n) is 7.85. The summed E-state index contributed by atoms with van der Waals surface area (Å²) in [4.78, 5) is 25.2. The van der Waals surface area contributed by atoms with Crippen LogP contribution >= 0.6 is 11.3 Å². The number of nitrogens with zero attached hydrogens (tertiary/aromatic N) is 5. The number of carbonyl (C=O) groups excluding carboxylic acids is 1. The Morgan fingerprint density at radius 3 is 3.00 bits per heavy atom. The molecule has 0 bridgehead atoms. The van der Waals surface area contributed by atoms with Gasteiger partial charge in [-0.3, -0.25) is 15.1 Å². The van der Waals surface area contributed by atoms with Crippen molar-refractivity contribution in [3.8, 4) is 17.6 Å². The molecular formula is C18H12N6O2S. The lowest BCUT2D eigenvalue weighted by molar-refractivity contribution is 0.102. The van der Waals surface area contributed by atoms with Gasteiger partial charge in [0.25, 0.3) is 5.91 Å². The Hall–Kier alpha value is -3.77. The van der Waals surface area contributed by atoms with Gasteiger partial charge >= 0.3 is 0 Å². The quantitative estimate of drug-likeness (QED) is 0.585. The number of thiazole rings is 1. The van der Waals surface area contributed by atoms with E-state index in [0.717, 1.165) is 5.69 Å². The number of amides is 1. The van der Waals surface area contributed by atoms with E-state index in [-0.39, 0.29) is 5.91 Å². The molecule has 0 aliphatic carbocycles. The monoisotopic (exact) mass is 376 g/mol. The van der Waals surface area contributed by atoms with Crippen molar-refractivity contribution < 1.29 is 9.53 Å². The van der Waals surface area contributed by atoms with Crippen LogP contribution in [0.3, 0.4) is 0 Å². The van der Waals surface area contributed by atoms with Gasteiger partial charge in [-0.1, -0.05) is 0 Å². The van der Waals surface area contributed by atoms with Crippen LogP contribution in [0.4, 0.5) is 5.13 Å². The minimum atomic E-state index is -0.338. The molecule has 0 atom stereocenters. The van der Waals surface area contributed by atoms with Gasteiger partial charge in [-0.15, -0.1) is 11.3 Å². The SMILES string of the molecule is Cc1csc(NC(=O)c2cc(Oc3cncc(C#N)c3)cn3ccnc23)n1. The second-order valence-electron chi connectivity index (χ2n) is 5.62. The standard InChI is InChI=1S/C18H12N6O2S/c1-11-10-27-18(22-11)23-17(25)15-5-14(9-24-3-2-21-16(15)24)26-13-4-12(6-19)7-20-8-13/h2-5,7-10H,1H3,(H,22,23,25). The van der Waals surface area contributed by atoms with E-state index in [1.165, 1.54) is 23.7 Å². The van der Waals surface area contributed by atoms with Crippen molar-refractivity contribution in [2.75, 3.05) is 5.32 Å². The predicted octanol–water partition coefficient (Wildman–Crippen LogP) is 3.41. The van der Waals surface area contributed by atoms with Crippen LogP contribution in [0.15, 0.2) is 48.5 Å². The van der Waals surface area contributed by atoms with Crippen LogP contribution in [0.25, 0.3) is 5.65 Å². The molecule has 0 aliphatic heterocycles. The number of rotatable bonds is 4. The van der Waals surface area contributed by atoms with E-state index in [9.17, 15) is 4.79 Å². The smallest absolute Gasteiger partial charge is 0.261 e. The highest BCUT2D eigenvalue weighted by Gasteiger charge is 2.16. The van der Waals surface area contributed by atoms with E-state index in [1.54, 1.807) is 35.1 Å². The summed E-state index contributed by atoms with van der Waals surface area (Å²) < 4.78 is 7.48. The highest BCUT2D eigenvalue weighted by molar-refractivity contribution is 7.13. The van der Waals surface area contributed by atoms with E-state index in [2.05, 4.69) is 20.3 Å². The Morgan fingerprint density at radius 2 is 2.22 bits per heavy atom. The average molecular weight is 376 g/mol. The van der Waals surface area contributed by atoms with Gasteiger partial charge in [0.1, 0.15) is 23.2 Å². The molecule has 0 unspecified atom stereocenters. The molecule has 0 spiro atoms. The second kappa shape index (κ2) is 6.86. The fourth-order valence-corrected chi connectivity index (χ4v) is 3.16. The maximum Gasteiger partial charge on any atom is 0.261 e. The van der Waals surface area contributed by atoms with Crippen molar-refractivity contribution in [3.63, 3.8) is 0 Å². The molecule has 4 heterocycles. The molecular weight excluding hydrogens is 364 g/mol. The number of aromatic nitrogens is 4. The first kappa shape index (κ1) is 16.7. The molecule has 4 aromatic rings. The van der Waals surface area contributed by atoms with Crippen molar-refractivity contribution in [1.82, 2.24) is 19.4 Å². The Kier molecular flexibility index (Phi) is 4.24. The number of fused-ring (bicyclic) bond motifs is 1. The Morgan fingerprint density at radius 1 is 1.33 bits per heavy atom. The lowest BCUT2D eigenvalue weighted by Gasteiger charge is -2.09. The van der Waals surface area contributed by atoms with Crippen molar-refractivity contribution in [2.45, 2.75) is 6.92 Å². The van der Waals surface area contributed by atoms with Crippen molar-refractivity contribution in [3.05, 3.63) is 65.3 Å². The van der Waals surface area contributed by atoms with E-state index in [1.807, 2.05) is 18.4 Å². The number of imidazole rings is 1. The predicted molar refractivity (Wildman–Crippen MR) is 99.0 cm³/mol. The van der Waals surface area contributed by atoms with Crippen LogP contribution in [-0.4, -0.2) is 25.3 Å². The largest absolute Gasteiger partial charge is 0.454 e. The molecule has 4 aromatic heterocycles. The zero-order chi connectivity index (χ0) is 18.8. The van der Waals surface area contributed by atoms with Gasteiger partial charge in [-0.25, -0.2) is 9.97 Å². The molecule has 8 nitrogen and oxygen atoms in total. The topological polar surface area (TPSA) is 105 Å². The highest BCUT2D eigenvalue weighted by atomic mass is 32.1. The summed E-state index contributed by atoms with van der Waals surface area (Å²) >= 11 is 1.35. The van der Waals surface area contributed by atoms with E-state index in [0.29, 0.717) is 33.4 Å². The van der Waals surface area contributed by atoms with Crippen LogP contribution in [0.5, 0.6) is 11.5 Å². The average Bonchev–Trinajstić information content (AvgIpc) is 3.29. The number of pyridine rings is 2. The van der Waals surface area contributed by atoms with Crippen LogP contribution in [-0.2, 0) is 0 Å². The third-order valence-corrected chi connectivity index (χ3v) is 4.50. The third-order valence-electron chi connectivity index (χ3n) is 3.62. The zero-order valence-corrected chi connectivity index (χ0v) is 14.9. The van der Waals surface area contributed by atoms with Crippen molar-refractivity contribution in [2.24, 2.45) is 0 Å². The molecule has 132 valence electrons. The van der Waals surface area contributed by atoms with Crippen LogP contribution in [0.1, 0.15) is 21.6 Å². The number of aryl methyl sites for hydroxylation is 1. The summed E-state index contributed by atoms with van der Waals surface area (Å²) in [5.74, 6) is 0.475. The molecule has 0 aliphatic rings. The number of ether oxygens (including phenoxy) is 1. The number of anilines is 1. The molecule has 1 N–H and O–H groups in total. The fraction of sp³-hybridized carbons (Fsp3) is 0.0556. The summed E-state index contributed by atoms with van der Waals surface area (Å²) in [5.41, 5.74) is 2.06. The Balaban J connectivity index is 1.69. The number of nitriles is 1. The van der Waals surface area contributed by atoms with Gasteiger partial charge < -0.3 is 9.14 Å². The maximum atomic E-state index is 12.7. The first-order valence-corrected chi connectivity index (χ1v) is 8.73. The summed E-state index contributed by atoms with van der Waals surface area (Å²) in [6.45, 7) is 1.86. The summed E-state index contributed by atoms with van der Waals surface area (Å²) in [7, 11) is 0.